The van der Waals surface area contributed by atoms with E-state index in [1.54, 1.807) is 42.6 Å². The summed E-state index contributed by atoms with van der Waals surface area (Å²) in [6, 6.07) is 27.1. The van der Waals surface area contributed by atoms with Crippen LogP contribution in [0.25, 0.3) is 10.9 Å². The number of unbranched alkanes of at least 4 members (excludes halogenated alkanes) is 3. The Bertz CT molecular complexity index is 4990. The van der Waals surface area contributed by atoms with E-state index in [2.05, 4.69) is 171 Å². The number of primary amides is 1. The standard InChI is InChI=1S/C91H113N15O13S3/c1-55(107)80-88(118)102-72(54-122-121-53-71(101-82(112)65(93)47-56-22-9-7-10-23-56)86(116)98-68(48-59-34-38-61(108)39-35-59)84(114)99-69(49-60-51-96-66-29-15-12-26-62(60)66)85(115)97-67(83(113)103-80)30-18-19-42-92)87(117)100-70(81(94)111)52-120-75-50-79(110)106(89(75)119)45-43-95-78(109)33-11-8-20-44-105-74-32-17-14-28-64(74)91(4,5)77(105)41-37-58-25-21-24-57(46-58)36-40-76-90(2,3)63-27-13-16-31-73(63)104(76)6/h7,9-10,12-17,22-23,26-29,31-32,34-41,46,51,55,65,67-72,75,80,96,107H,8,11,18-21,24-25,30,33,42-45,47-50,52-54,92-93H2,1-6H3,(H10-,94,95,97,98,99,100,101,102,103,108,109,111,112,113,114,115,116,117,118)/p+1/t55-,65-,67+,68+,69-,70+,71+,72+,75?,80+/m1/s1. The summed E-state index contributed by atoms with van der Waals surface area (Å²) in [4.78, 5) is 164. The summed E-state index contributed by atoms with van der Waals surface area (Å²) in [6.45, 7) is 11.1. The zero-order chi connectivity index (χ0) is 87.4. The molecular formula is C91H114N15O13S3+. The lowest BCUT2D eigenvalue weighted by Gasteiger charge is -2.29. The second-order valence-electron chi connectivity index (χ2n) is 32.7. The number of carbonyl (C=O) groups excluding carboxylic acids is 11. The molecule has 17 N–H and O–H groups in total. The molecule has 11 amide bonds. The van der Waals surface area contributed by atoms with Gasteiger partial charge in [-0.25, -0.2) is 0 Å². The summed E-state index contributed by atoms with van der Waals surface area (Å²) in [7, 11) is 4.03. The molecule has 6 aromatic rings. The Morgan fingerprint density at radius 3 is 2.13 bits per heavy atom. The second kappa shape index (κ2) is 42.8. The number of fused-ring (bicyclic) bond motifs is 3. The van der Waals surface area contributed by atoms with Crippen LogP contribution in [0, 0.1) is 0 Å². The van der Waals surface area contributed by atoms with Crippen LogP contribution in [0.2, 0.25) is 0 Å². The fourth-order valence-corrected chi connectivity index (χ4v) is 19.7. The summed E-state index contributed by atoms with van der Waals surface area (Å²) < 4.78 is 2.41. The maximum atomic E-state index is 15.0. The van der Waals surface area contributed by atoms with Crippen LogP contribution >= 0.6 is 33.3 Å². The van der Waals surface area contributed by atoms with E-state index in [1.807, 2.05) is 18.2 Å². The van der Waals surface area contributed by atoms with Gasteiger partial charge in [-0.1, -0.05) is 151 Å². The summed E-state index contributed by atoms with van der Waals surface area (Å²) in [5, 5.41) is 42.9. The zero-order valence-electron chi connectivity index (χ0n) is 69.9. The number of aromatic nitrogens is 1. The summed E-state index contributed by atoms with van der Waals surface area (Å²) in [5.41, 5.74) is 30.5. The normalized spacial score (nSPS) is 22.5. The molecule has 1 unspecified atom stereocenters. The van der Waals surface area contributed by atoms with Crippen molar-refractivity contribution in [2.45, 2.75) is 195 Å². The van der Waals surface area contributed by atoms with Crippen LogP contribution in [0.4, 0.5) is 11.4 Å². The molecule has 1 aromatic heterocycles. The Balaban J connectivity index is 0.731. The Hall–Kier alpha value is -10.8. The van der Waals surface area contributed by atoms with Crippen molar-refractivity contribution < 1.29 is 67.5 Å². The molecule has 0 spiro atoms. The topological polar surface area (TPSA) is 428 Å². The number of phenols is 1. The molecule has 0 saturated carbocycles. The van der Waals surface area contributed by atoms with Crippen molar-refractivity contribution in [2.75, 3.05) is 55.4 Å². The number of para-hydroxylation sites is 3. The largest absolute Gasteiger partial charge is 0.508 e. The number of thioether (sulfide) groups is 1. The number of hydrogen-bond donors (Lipinski definition) is 14. The number of allylic oxidation sites excluding steroid dienone is 8. The molecule has 122 heavy (non-hydrogen) atoms. The van der Waals surface area contributed by atoms with Gasteiger partial charge < -0.3 is 79.8 Å². The molecule has 2 saturated heterocycles. The number of rotatable bonds is 31. The number of imide groups is 1. The van der Waals surface area contributed by atoms with Crippen molar-refractivity contribution in [1.82, 2.24) is 52.4 Å². The number of benzene rings is 5. The van der Waals surface area contributed by atoms with Gasteiger partial charge in [0, 0.05) is 121 Å². The van der Waals surface area contributed by atoms with E-state index in [9.17, 15) is 58.2 Å². The van der Waals surface area contributed by atoms with Gasteiger partial charge >= 0.3 is 0 Å². The number of nitrogens with zero attached hydrogens (tertiary/aromatic N) is 3. The van der Waals surface area contributed by atoms with Crippen LogP contribution in [-0.2, 0) is 82.8 Å². The first-order valence-electron chi connectivity index (χ1n) is 41.8. The average molecular weight is 1720 g/mol. The number of aliphatic hydroxyl groups excluding tert-OH is 1. The number of anilines is 1. The molecule has 2 fully saturated rings. The van der Waals surface area contributed by atoms with Gasteiger partial charge in [-0.05, 0) is 149 Å². The third kappa shape index (κ3) is 23.7. The number of carbonyl (C=O) groups is 11. The third-order valence-electron chi connectivity index (χ3n) is 23.1. The highest BCUT2D eigenvalue weighted by atomic mass is 33.1. The van der Waals surface area contributed by atoms with Gasteiger partial charge in [0.05, 0.1) is 22.8 Å². The molecule has 0 bridgehead atoms. The summed E-state index contributed by atoms with van der Waals surface area (Å²) in [6.07, 6.45) is 17.0. The fourth-order valence-electron chi connectivity index (χ4n) is 16.2. The highest BCUT2D eigenvalue weighted by Crippen LogP contribution is 2.47. The van der Waals surface area contributed by atoms with Crippen molar-refractivity contribution >= 4 is 126 Å². The molecule has 10 atom stereocenters. The van der Waals surface area contributed by atoms with Crippen LogP contribution in [0.15, 0.2) is 181 Å². The molecule has 11 rings (SSSR count). The van der Waals surface area contributed by atoms with Crippen molar-refractivity contribution in [2.24, 2.45) is 17.2 Å². The Morgan fingerprint density at radius 1 is 0.713 bits per heavy atom. The predicted octanol–water partition coefficient (Wildman–Crippen LogP) is 6.53. The van der Waals surface area contributed by atoms with E-state index in [1.165, 1.54) is 76.2 Å². The molecule has 28 nitrogen and oxygen atoms in total. The van der Waals surface area contributed by atoms with E-state index < -0.39 is 119 Å². The van der Waals surface area contributed by atoms with Gasteiger partial charge in [-0.2, -0.15) is 4.58 Å². The number of aromatic amines is 1. The van der Waals surface area contributed by atoms with Crippen LogP contribution in [0.3, 0.4) is 0 Å². The summed E-state index contributed by atoms with van der Waals surface area (Å²) in [5.74, 6) is -9.82. The van der Waals surface area contributed by atoms with E-state index >= 15 is 4.79 Å². The van der Waals surface area contributed by atoms with Gasteiger partial charge in [-0.3, -0.25) is 57.6 Å². The van der Waals surface area contributed by atoms with E-state index in [0.717, 1.165) is 82.5 Å². The van der Waals surface area contributed by atoms with E-state index in [-0.39, 0.29) is 104 Å². The van der Waals surface area contributed by atoms with Gasteiger partial charge in [-0.15, -0.1) is 11.8 Å². The Labute approximate surface area is 723 Å². The van der Waals surface area contributed by atoms with Crippen molar-refractivity contribution in [3.63, 3.8) is 0 Å². The minimum atomic E-state index is -1.81. The maximum Gasteiger partial charge on any atom is 0.245 e. The number of amides is 11. The lowest BCUT2D eigenvalue weighted by atomic mass is 9.81. The zero-order valence-corrected chi connectivity index (χ0v) is 72.3. The predicted molar refractivity (Wildman–Crippen MR) is 478 cm³/mol. The molecule has 648 valence electrons. The number of likely N-dealkylation sites (tertiary alicyclic amines) is 1. The smallest absolute Gasteiger partial charge is 0.245 e. The Kier molecular flexibility index (Phi) is 32.2. The average Bonchev–Trinajstić information content (AvgIpc) is 1.62. The third-order valence-corrected chi connectivity index (χ3v) is 26.8. The highest BCUT2D eigenvalue weighted by molar-refractivity contribution is 8.76. The van der Waals surface area contributed by atoms with Crippen LogP contribution < -0.4 is 64.6 Å². The summed E-state index contributed by atoms with van der Waals surface area (Å²) >= 11 is 0.890. The molecule has 5 aromatic carbocycles. The molecule has 5 heterocycles. The van der Waals surface area contributed by atoms with E-state index in [0.29, 0.717) is 34.9 Å². The first kappa shape index (κ1) is 91.9. The van der Waals surface area contributed by atoms with Crippen LogP contribution in [-0.4, -0.2) is 206 Å². The molecule has 4 aliphatic heterocycles. The molecule has 1 aliphatic carbocycles. The highest BCUT2D eigenvalue weighted by Gasteiger charge is 2.46. The monoisotopic (exact) mass is 1720 g/mol. The van der Waals surface area contributed by atoms with Gasteiger partial charge in [0.1, 0.15) is 54.6 Å². The van der Waals surface area contributed by atoms with Gasteiger partial charge in [0.2, 0.25) is 70.7 Å². The lowest BCUT2D eigenvalue weighted by Crippen LogP contribution is -2.62. The Morgan fingerprint density at radius 2 is 1.39 bits per heavy atom. The molecule has 31 heteroatoms. The number of likely N-dealkylation sites (N-methyl/N-ethyl adjacent to an activating group) is 1. The number of nitrogens with two attached hydrogens (primary N) is 3. The van der Waals surface area contributed by atoms with Crippen LogP contribution in [0.5, 0.6) is 5.75 Å². The number of phenolic OH excluding ortho intramolecular Hbond substituents is 1. The number of H-pyrrole nitrogens is 1. The number of aromatic hydroxyl groups is 1. The van der Waals surface area contributed by atoms with Crippen molar-refractivity contribution in [1.29, 1.82) is 0 Å². The lowest BCUT2D eigenvalue weighted by molar-refractivity contribution is -0.438. The van der Waals surface area contributed by atoms with Crippen molar-refractivity contribution in [3.8, 4) is 5.75 Å². The number of aliphatic hydroxyl groups is 1. The van der Waals surface area contributed by atoms with Crippen LogP contribution in [0.1, 0.15) is 133 Å². The first-order valence-corrected chi connectivity index (χ1v) is 45.3. The minimum Gasteiger partial charge on any atom is -0.508 e. The first-order chi connectivity index (χ1) is 58.5. The van der Waals surface area contributed by atoms with Gasteiger partial charge in [0.15, 0.2) is 5.71 Å². The molecule has 5 aliphatic rings. The van der Waals surface area contributed by atoms with E-state index in [4.69, 9.17) is 17.2 Å². The fraction of sp³-hybridized carbons (Fsp3) is 0.429. The van der Waals surface area contributed by atoms with Gasteiger partial charge in [0.25, 0.3) is 0 Å². The second-order valence-corrected chi connectivity index (χ2v) is 36.5. The SMILES string of the molecule is C[C@@H](O)[C@@H]1NC(=O)[C@H](CCCCN)NC(=O)[C@@H](Cc2c[nH]c3ccccc23)NC(=O)[C@H](Cc2ccc(O)cc2)NC(=O)[C@@H](NC(=O)[C@H](N)Cc2ccccc2)CSSC[C@@H](C(=O)N[C@@H](CSC2CC(=O)N(CCNC(=O)CCCCC[N+]3=C(/C=C/C4=CC(=C/C=C5/N(C)c6ccccc6C5(C)C)/CCC4)C(C)(C)c4ccccc43)C2=O)C(N)=O)NC1=O. The van der Waals surface area contributed by atoms with Crippen molar-refractivity contribution in [3.05, 3.63) is 209 Å². The minimum absolute atomic E-state index is 0.0110. The number of hydrogen-bond acceptors (Lipinski definition) is 19. The maximum absolute atomic E-state index is 15.0. The molecule has 0 radical (unpaired) electrons. The quantitative estimate of drug-likeness (QED) is 0.00951. The number of nitrogens with one attached hydrogen (secondary N) is 9. The molecular weight excluding hydrogens is 1610 g/mol.